The zero-order valence-corrected chi connectivity index (χ0v) is 12.2. The standard InChI is InChI=1S/C15H18N2O2S/c1-11(9-18)8-17-14(19)10-20-15-13-5-3-2-4-12(13)6-7-16-15/h2-7,11,18H,8-10H2,1H3,(H,17,19). The predicted octanol–water partition coefficient (Wildman–Crippen LogP) is 2.07. The van der Waals surface area contributed by atoms with Crippen molar-refractivity contribution in [3.63, 3.8) is 0 Å². The summed E-state index contributed by atoms with van der Waals surface area (Å²) in [5, 5.41) is 14.8. The van der Waals surface area contributed by atoms with Gasteiger partial charge in [0.15, 0.2) is 0 Å². The highest BCUT2D eigenvalue weighted by atomic mass is 32.2. The quantitative estimate of drug-likeness (QED) is 0.800. The van der Waals surface area contributed by atoms with Gasteiger partial charge in [0.25, 0.3) is 0 Å². The number of pyridine rings is 1. The number of aliphatic hydroxyl groups excluding tert-OH is 1. The van der Waals surface area contributed by atoms with Gasteiger partial charge in [-0.05, 0) is 17.4 Å². The number of hydrogen-bond acceptors (Lipinski definition) is 4. The Bertz CT molecular complexity index is 584. The van der Waals surface area contributed by atoms with Crippen LogP contribution in [-0.2, 0) is 4.79 Å². The minimum absolute atomic E-state index is 0.0370. The third-order valence-electron chi connectivity index (χ3n) is 2.94. The van der Waals surface area contributed by atoms with Gasteiger partial charge in [0, 0.05) is 24.7 Å². The minimum atomic E-state index is -0.0370. The molecular formula is C15H18N2O2S. The zero-order chi connectivity index (χ0) is 14.4. The second kappa shape index (κ2) is 7.26. The van der Waals surface area contributed by atoms with Gasteiger partial charge in [0.2, 0.25) is 5.91 Å². The molecule has 0 bridgehead atoms. The number of benzene rings is 1. The maximum absolute atomic E-state index is 11.7. The van der Waals surface area contributed by atoms with E-state index in [0.29, 0.717) is 12.3 Å². The van der Waals surface area contributed by atoms with Crippen molar-refractivity contribution in [2.75, 3.05) is 18.9 Å². The van der Waals surface area contributed by atoms with E-state index >= 15 is 0 Å². The molecule has 1 atom stereocenters. The molecule has 1 aromatic heterocycles. The van der Waals surface area contributed by atoms with Crippen LogP contribution in [0.3, 0.4) is 0 Å². The number of thioether (sulfide) groups is 1. The van der Waals surface area contributed by atoms with Crippen molar-refractivity contribution in [2.24, 2.45) is 5.92 Å². The first kappa shape index (κ1) is 14.8. The van der Waals surface area contributed by atoms with Crippen molar-refractivity contribution in [1.29, 1.82) is 0 Å². The Morgan fingerprint density at radius 1 is 1.40 bits per heavy atom. The second-order valence-corrected chi connectivity index (χ2v) is 5.68. The number of nitrogens with one attached hydrogen (secondary N) is 1. The van der Waals surface area contributed by atoms with Gasteiger partial charge in [0.05, 0.1) is 5.75 Å². The Kier molecular flexibility index (Phi) is 5.38. The summed E-state index contributed by atoms with van der Waals surface area (Å²) in [5.41, 5.74) is 0. The number of carbonyl (C=O) groups excluding carboxylic acids is 1. The molecule has 106 valence electrons. The molecule has 0 saturated carbocycles. The van der Waals surface area contributed by atoms with Crippen molar-refractivity contribution < 1.29 is 9.90 Å². The third kappa shape index (κ3) is 3.95. The van der Waals surface area contributed by atoms with Crippen molar-refractivity contribution in [3.8, 4) is 0 Å². The third-order valence-corrected chi connectivity index (χ3v) is 3.94. The van der Waals surface area contributed by atoms with Crippen LogP contribution in [0.25, 0.3) is 10.8 Å². The summed E-state index contributed by atoms with van der Waals surface area (Å²) in [5.74, 6) is 0.378. The molecule has 1 aromatic carbocycles. The molecule has 4 nitrogen and oxygen atoms in total. The summed E-state index contributed by atoms with van der Waals surface area (Å²) in [6, 6.07) is 9.96. The van der Waals surface area contributed by atoms with Crippen molar-refractivity contribution in [3.05, 3.63) is 36.5 Å². The van der Waals surface area contributed by atoms with Gasteiger partial charge in [-0.15, -0.1) is 0 Å². The summed E-state index contributed by atoms with van der Waals surface area (Å²) in [4.78, 5) is 16.1. The normalized spacial score (nSPS) is 12.3. The van der Waals surface area contributed by atoms with Gasteiger partial charge in [-0.3, -0.25) is 4.79 Å². The molecule has 5 heteroatoms. The van der Waals surface area contributed by atoms with Crippen LogP contribution >= 0.6 is 11.8 Å². The van der Waals surface area contributed by atoms with Crippen molar-refractivity contribution in [2.45, 2.75) is 11.9 Å². The molecule has 2 aromatic rings. The maximum Gasteiger partial charge on any atom is 0.230 e. The molecular weight excluding hydrogens is 272 g/mol. The van der Waals surface area contributed by atoms with Crippen LogP contribution in [0.2, 0.25) is 0 Å². The fourth-order valence-electron chi connectivity index (χ4n) is 1.74. The molecule has 1 unspecified atom stereocenters. The number of rotatable bonds is 6. The van der Waals surface area contributed by atoms with E-state index < -0.39 is 0 Å². The first-order chi connectivity index (χ1) is 9.70. The topological polar surface area (TPSA) is 62.2 Å². The Balaban J connectivity index is 1.94. The van der Waals surface area contributed by atoms with Gasteiger partial charge in [-0.25, -0.2) is 4.98 Å². The average Bonchev–Trinajstić information content (AvgIpc) is 2.50. The Labute approximate surface area is 122 Å². The smallest absolute Gasteiger partial charge is 0.230 e. The Hall–Kier alpha value is -1.59. The van der Waals surface area contributed by atoms with Gasteiger partial charge in [0.1, 0.15) is 5.03 Å². The number of amides is 1. The maximum atomic E-state index is 11.7. The van der Waals surface area contributed by atoms with E-state index in [4.69, 9.17) is 5.11 Å². The molecule has 0 saturated heterocycles. The lowest BCUT2D eigenvalue weighted by atomic mass is 10.2. The summed E-state index contributed by atoms with van der Waals surface area (Å²) in [7, 11) is 0. The van der Waals surface area contributed by atoms with Crippen LogP contribution in [0.4, 0.5) is 0 Å². The van der Waals surface area contributed by atoms with Crippen LogP contribution < -0.4 is 5.32 Å². The van der Waals surface area contributed by atoms with E-state index in [0.717, 1.165) is 15.8 Å². The van der Waals surface area contributed by atoms with Crippen LogP contribution in [0, 0.1) is 5.92 Å². The molecule has 1 heterocycles. The Morgan fingerprint density at radius 2 is 2.20 bits per heavy atom. The molecule has 20 heavy (non-hydrogen) atoms. The highest BCUT2D eigenvalue weighted by molar-refractivity contribution is 8.00. The number of carbonyl (C=O) groups is 1. The van der Waals surface area contributed by atoms with Crippen LogP contribution in [-0.4, -0.2) is 34.9 Å². The number of aromatic nitrogens is 1. The van der Waals surface area contributed by atoms with Crippen molar-refractivity contribution >= 4 is 28.4 Å². The summed E-state index contributed by atoms with van der Waals surface area (Å²) in [6.45, 7) is 2.47. The average molecular weight is 290 g/mol. The van der Waals surface area contributed by atoms with Crippen molar-refractivity contribution in [1.82, 2.24) is 10.3 Å². The molecule has 0 fully saturated rings. The number of hydrogen-bond donors (Lipinski definition) is 2. The van der Waals surface area contributed by atoms with Crippen LogP contribution in [0.15, 0.2) is 41.6 Å². The highest BCUT2D eigenvalue weighted by Crippen LogP contribution is 2.25. The fourth-order valence-corrected chi connectivity index (χ4v) is 2.59. The lowest BCUT2D eigenvalue weighted by Crippen LogP contribution is -2.30. The first-order valence-corrected chi connectivity index (χ1v) is 7.53. The van der Waals surface area contributed by atoms with E-state index in [1.165, 1.54) is 11.8 Å². The van der Waals surface area contributed by atoms with Gasteiger partial charge in [-0.2, -0.15) is 0 Å². The lowest BCUT2D eigenvalue weighted by Gasteiger charge is -2.09. The fraction of sp³-hybridized carbons (Fsp3) is 0.333. The summed E-state index contributed by atoms with van der Waals surface area (Å²) in [6.07, 6.45) is 1.76. The molecule has 0 radical (unpaired) electrons. The number of aliphatic hydroxyl groups is 1. The molecule has 1 amide bonds. The van der Waals surface area contributed by atoms with E-state index in [1.807, 2.05) is 37.3 Å². The predicted molar refractivity (Wildman–Crippen MR) is 81.7 cm³/mol. The van der Waals surface area contributed by atoms with Gasteiger partial charge >= 0.3 is 0 Å². The van der Waals surface area contributed by atoms with Gasteiger partial charge in [-0.1, -0.05) is 43.0 Å². The van der Waals surface area contributed by atoms with E-state index in [1.54, 1.807) is 6.20 Å². The lowest BCUT2D eigenvalue weighted by molar-refractivity contribution is -0.118. The molecule has 2 N–H and O–H groups in total. The largest absolute Gasteiger partial charge is 0.396 e. The SMILES string of the molecule is CC(CO)CNC(=O)CSc1nccc2ccccc12. The number of nitrogens with zero attached hydrogens (tertiary/aromatic N) is 1. The van der Waals surface area contributed by atoms with Crippen LogP contribution in [0.1, 0.15) is 6.92 Å². The number of fused-ring (bicyclic) bond motifs is 1. The minimum Gasteiger partial charge on any atom is -0.396 e. The summed E-state index contributed by atoms with van der Waals surface area (Å²) >= 11 is 1.43. The summed E-state index contributed by atoms with van der Waals surface area (Å²) < 4.78 is 0. The Morgan fingerprint density at radius 3 is 3.00 bits per heavy atom. The molecule has 0 aliphatic heterocycles. The van der Waals surface area contributed by atoms with Gasteiger partial charge < -0.3 is 10.4 Å². The molecule has 2 rings (SSSR count). The second-order valence-electron chi connectivity index (χ2n) is 4.72. The van der Waals surface area contributed by atoms with E-state index in [9.17, 15) is 4.79 Å². The van der Waals surface area contributed by atoms with E-state index in [-0.39, 0.29) is 18.4 Å². The van der Waals surface area contributed by atoms with Crippen LogP contribution in [0.5, 0.6) is 0 Å². The molecule has 0 spiro atoms. The first-order valence-electron chi connectivity index (χ1n) is 6.55. The zero-order valence-electron chi connectivity index (χ0n) is 11.4. The molecule has 0 aliphatic rings. The monoisotopic (exact) mass is 290 g/mol. The molecule has 0 aliphatic carbocycles. The van der Waals surface area contributed by atoms with E-state index in [2.05, 4.69) is 10.3 Å². The highest BCUT2D eigenvalue weighted by Gasteiger charge is 2.08.